The molecule has 0 amide bonds. The van der Waals surface area contributed by atoms with Gasteiger partial charge in [-0.15, -0.1) is 0 Å². The Morgan fingerprint density at radius 3 is 1.98 bits per heavy atom. The fourth-order valence-corrected chi connectivity index (χ4v) is 9.79. The zero-order chi connectivity index (χ0) is 46.0. The number of methoxy groups -OCH3 is 1. The third-order valence-corrected chi connectivity index (χ3v) is 12.5. The quantitative estimate of drug-likeness (QED) is 0.115. The minimum absolute atomic E-state index is 0.0415. The fourth-order valence-electron chi connectivity index (χ4n) is 9.79. The summed E-state index contributed by atoms with van der Waals surface area (Å²) in [5.74, 6) is -0.658. The molecule has 7 heterocycles. The molecule has 5 N–H and O–H groups in total. The number of nitrogen functional groups attached to an aromatic ring is 1. The molecule has 19 nitrogen and oxygen atoms in total. The molecule has 0 spiro atoms. The van der Waals surface area contributed by atoms with E-state index in [0.717, 1.165) is 16.7 Å². The molecule has 0 bridgehead atoms. The van der Waals surface area contributed by atoms with Gasteiger partial charge in [-0.1, -0.05) is 72.8 Å². The summed E-state index contributed by atoms with van der Waals surface area (Å²) in [7, 11) is 1.63. The molecule has 3 aromatic heterocycles. The van der Waals surface area contributed by atoms with E-state index in [9.17, 15) is 14.7 Å². The number of hydrogen-bond donors (Lipinski definition) is 4. The molecule has 19 heteroatoms. The van der Waals surface area contributed by atoms with Crippen LogP contribution >= 0.6 is 0 Å². The predicted octanol–water partition coefficient (Wildman–Crippen LogP) is 3.39. The van der Waals surface area contributed by atoms with Gasteiger partial charge in [0.05, 0.1) is 13.7 Å². The van der Waals surface area contributed by atoms with Gasteiger partial charge in [-0.2, -0.15) is 0 Å². The number of ether oxygens (including phenoxy) is 8. The lowest BCUT2D eigenvalue weighted by atomic mass is 9.80. The number of aliphatic hydroxyl groups excluding tert-OH is 1. The molecule has 346 valence electrons. The van der Waals surface area contributed by atoms with Gasteiger partial charge in [-0.25, -0.2) is 19.7 Å². The molecule has 4 fully saturated rings. The number of nitrogens with zero attached hydrogens (tertiary/aromatic N) is 5. The van der Waals surface area contributed by atoms with Crippen LogP contribution in [-0.4, -0.2) is 103 Å². The second-order valence-electron chi connectivity index (χ2n) is 17.6. The van der Waals surface area contributed by atoms with E-state index >= 15 is 0 Å². The lowest BCUT2D eigenvalue weighted by Crippen LogP contribution is -2.42. The first-order valence-electron chi connectivity index (χ1n) is 21.8. The number of rotatable bonds is 14. The van der Waals surface area contributed by atoms with Crippen LogP contribution in [0.1, 0.15) is 68.4 Å². The number of fused-ring (bicyclic) bond motifs is 3. The molecule has 8 atom stereocenters. The number of H-pyrrole nitrogens is 1. The number of anilines is 1. The number of aromatic amines is 1. The predicted molar refractivity (Wildman–Crippen MR) is 236 cm³/mol. The average Bonchev–Trinajstić information content (AvgIpc) is 4.09. The molecular weight excluding hydrogens is 853 g/mol. The van der Waals surface area contributed by atoms with E-state index in [-0.39, 0.29) is 32.1 Å². The van der Waals surface area contributed by atoms with Crippen LogP contribution < -0.4 is 27.0 Å². The van der Waals surface area contributed by atoms with Crippen molar-refractivity contribution in [3.05, 3.63) is 146 Å². The summed E-state index contributed by atoms with van der Waals surface area (Å²) in [6.07, 6.45) is -4.45. The molecule has 0 aliphatic carbocycles. The summed E-state index contributed by atoms with van der Waals surface area (Å²) in [5.41, 5.74) is 7.77. The van der Waals surface area contributed by atoms with Gasteiger partial charge in [0.1, 0.15) is 66.7 Å². The van der Waals surface area contributed by atoms with Gasteiger partial charge < -0.3 is 54.1 Å². The van der Waals surface area contributed by atoms with Crippen LogP contribution in [-0.2, 0) is 51.9 Å². The smallest absolute Gasteiger partial charge is 0.330 e. The summed E-state index contributed by atoms with van der Waals surface area (Å²) in [6, 6.07) is 29.1. The van der Waals surface area contributed by atoms with Crippen molar-refractivity contribution in [3.8, 4) is 5.75 Å². The van der Waals surface area contributed by atoms with Gasteiger partial charge in [0.2, 0.25) is 0 Å². The Balaban J connectivity index is 0.980. The second-order valence-corrected chi connectivity index (χ2v) is 17.6. The van der Waals surface area contributed by atoms with Gasteiger partial charge in [0, 0.05) is 24.8 Å². The van der Waals surface area contributed by atoms with E-state index in [2.05, 4.69) is 20.3 Å². The SMILES string of the molecule is COc1ccc(C(OCc2nc3c(N)ncnc3n2[C@@H]2O[C@H](CNCc3cc(=O)[nH]c(=O)n3[C@@H]3O[C@H](CO)[C@H]4OC(C)(C)O[C@H]43)[C@H]3OC(C)(C)O[C@H]32)(c2ccccc2)c2ccccc2)cc1. The molecule has 0 saturated carbocycles. The average molecular weight is 905 g/mol. The molecule has 3 aromatic carbocycles. The number of aliphatic hydroxyl groups is 1. The summed E-state index contributed by atoms with van der Waals surface area (Å²) < 4.78 is 54.3. The van der Waals surface area contributed by atoms with Crippen molar-refractivity contribution in [2.45, 2.75) is 107 Å². The van der Waals surface area contributed by atoms with Crippen molar-refractivity contribution in [3.63, 3.8) is 0 Å². The maximum atomic E-state index is 13.5. The van der Waals surface area contributed by atoms with Crippen molar-refractivity contribution in [1.29, 1.82) is 0 Å². The summed E-state index contributed by atoms with van der Waals surface area (Å²) in [4.78, 5) is 42.5. The minimum Gasteiger partial charge on any atom is -0.497 e. The Bertz CT molecular complexity index is 2780. The molecule has 0 unspecified atom stereocenters. The van der Waals surface area contributed by atoms with Crippen LogP contribution in [0.25, 0.3) is 11.2 Å². The Hall–Kier alpha value is -5.87. The van der Waals surface area contributed by atoms with E-state index in [1.54, 1.807) is 21.0 Å². The maximum absolute atomic E-state index is 13.5. The number of nitrogens with one attached hydrogen (secondary N) is 2. The van der Waals surface area contributed by atoms with Crippen LogP contribution in [0.15, 0.2) is 107 Å². The first-order chi connectivity index (χ1) is 31.8. The fraction of sp³-hybridized carbons (Fsp3) is 0.426. The highest BCUT2D eigenvalue weighted by Crippen LogP contribution is 2.47. The number of benzene rings is 3. The van der Waals surface area contributed by atoms with Crippen LogP contribution in [0.5, 0.6) is 5.75 Å². The molecule has 6 aromatic rings. The molecule has 4 aliphatic rings. The van der Waals surface area contributed by atoms with Gasteiger partial charge in [-0.3, -0.25) is 18.9 Å². The Labute approximate surface area is 378 Å². The van der Waals surface area contributed by atoms with Crippen LogP contribution in [0.2, 0.25) is 0 Å². The van der Waals surface area contributed by atoms with Crippen LogP contribution in [0.4, 0.5) is 5.82 Å². The van der Waals surface area contributed by atoms with Crippen molar-refractivity contribution < 1.29 is 43.0 Å². The number of aromatic nitrogens is 6. The Morgan fingerprint density at radius 1 is 0.788 bits per heavy atom. The van der Waals surface area contributed by atoms with Crippen LogP contribution in [0.3, 0.4) is 0 Å². The highest BCUT2D eigenvalue weighted by Gasteiger charge is 2.58. The molecule has 10 rings (SSSR count). The normalized spacial score (nSPS) is 26.5. The largest absolute Gasteiger partial charge is 0.497 e. The molecule has 0 radical (unpaired) electrons. The third-order valence-electron chi connectivity index (χ3n) is 12.5. The lowest BCUT2D eigenvalue weighted by Gasteiger charge is -2.36. The maximum Gasteiger partial charge on any atom is 0.330 e. The molecule has 4 aliphatic heterocycles. The topological polar surface area (TPSA) is 231 Å². The van der Waals surface area contributed by atoms with Gasteiger partial charge in [-0.05, 0) is 56.5 Å². The van der Waals surface area contributed by atoms with Gasteiger partial charge >= 0.3 is 5.69 Å². The van der Waals surface area contributed by atoms with E-state index in [0.29, 0.717) is 28.4 Å². The lowest BCUT2D eigenvalue weighted by molar-refractivity contribution is -0.201. The van der Waals surface area contributed by atoms with Crippen molar-refractivity contribution >= 4 is 17.0 Å². The van der Waals surface area contributed by atoms with E-state index in [4.69, 9.17) is 48.6 Å². The monoisotopic (exact) mass is 904 g/mol. The van der Waals surface area contributed by atoms with Crippen molar-refractivity contribution in [2.24, 2.45) is 0 Å². The summed E-state index contributed by atoms with van der Waals surface area (Å²) in [6.45, 7) is 7.01. The third kappa shape index (κ3) is 7.78. The zero-order valence-corrected chi connectivity index (χ0v) is 37.0. The number of imidazole rings is 1. The zero-order valence-electron chi connectivity index (χ0n) is 37.0. The molecular formula is C47H52N8O11. The second kappa shape index (κ2) is 17.1. The minimum atomic E-state index is -1.13. The summed E-state index contributed by atoms with van der Waals surface area (Å²) >= 11 is 0. The van der Waals surface area contributed by atoms with E-state index in [1.807, 2.05) is 103 Å². The van der Waals surface area contributed by atoms with Gasteiger partial charge in [0.25, 0.3) is 5.56 Å². The van der Waals surface area contributed by atoms with E-state index < -0.39 is 77.5 Å². The Kier molecular flexibility index (Phi) is 11.4. The summed E-state index contributed by atoms with van der Waals surface area (Å²) in [5, 5.41) is 13.5. The van der Waals surface area contributed by atoms with Crippen molar-refractivity contribution in [2.75, 3.05) is 26.0 Å². The number of hydrogen-bond acceptors (Lipinski definition) is 16. The van der Waals surface area contributed by atoms with Crippen LogP contribution in [0, 0.1) is 0 Å². The van der Waals surface area contributed by atoms with E-state index in [1.165, 1.54) is 17.0 Å². The number of nitrogens with two attached hydrogens (primary N) is 1. The first-order valence-corrected chi connectivity index (χ1v) is 21.8. The Morgan fingerprint density at radius 2 is 1.36 bits per heavy atom. The highest BCUT2D eigenvalue weighted by molar-refractivity contribution is 5.82. The standard InChI is InChI=1S/C47H52N8O11/c1-45(2)63-36-31(22-49-21-29-20-34(57)53-44(58)54(29)42-39-37(32(23-56)62-42)64-46(3,4)66-39)61-43(38(36)65-45)55-33(52-35-40(48)50-25-51-41(35)55)24-60-47(26-12-8-6-9-13-26,27-14-10-7-11-15-27)28-16-18-30(59-5)19-17-28/h6-20,25,31-32,36-39,42-43,49,56H,21-24H2,1-5H3,(H2,48,50,51)(H,53,57,58)/t31-,32-,36-,37-,38-,39-,42-,43-/m1/s1. The molecule has 66 heavy (non-hydrogen) atoms. The van der Waals surface area contributed by atoms with Crippen molar-refractivity contribution in [1.82, 2.24) is 34.4 Å². The first kappa shape index (κ1) is 44.0. The van der Waals surface area contributed by atoms with Gasteiger partial charge in [0.15, 0.2) is 41.0 Å². The molecule has 4 saturated heterocycles. The highest BCUT2D eigenvalue weighted by atomic mass is 16.8.